The number of carbonyl (C=O) groups is 1. The van der Waals surface area contributed by atoms with E-state index >= 15 is 0 Å². The highest BCUT2D eigenvalue weighted by atomic mass is 35.5. The Kier molecular flexibility index (Phi) is 4.20. The molecule has 4 heteroatoms. The third-order valence-corrected chi connectivity index (χ3v) is 4.31. The molecule has 108 valence electrons. The fraction of sp³-hybridized carbons (Fsp3) is 0.294. The molecule has 0 bridgehead atoms. The quantitative estimate of drug-likeness (QED) is 0.839. The highest BCUT2D eigenvalue weighted by Gasteiger charge is 2.21. The number of pyridine rings is 1. The number of aromatic nitrogens is 1. The van der Waals surface area contributed by atoms with Crippen LogP contribution in [-0.4, -0.2) is 10.9 Å². The normalized spacial score (nSPS) is 15.1. The minimum Gasteiger partial charge on any atom is -0.322 e. The molecule has 1 saturated carbocycles. The van der Waals surface area contributed by atoms with Gasteiger partial charge in [0.25, 0.3) is 5.91 Å². The molecule has 1 heterocycles. The van der Waals surface area contributed by atoms with Gasteiger partial charge in [0.1, 0.15) is 5.15 Å². The molecule has 1 aromatic heterocycles. The molecule has 1 aromatic carbocycles. The monoisotopic (exact) mass is 300 g/mol. The van der Waals surface area contributed by atoms with Gasteiger partial charge in [0, 0.05) is 11.9 Å². The molecule has 1 amide bonds. The van der Waals surface area contributed by atoms with Gasteiger partial charge in [-0.15, -0.1) is 0 Å². The van der Waals surface area contributed by atoms with Gasteiger partial charge in [-0.05, 0) is 42.5 Å². The number of hydrogen-bond donors (Lipinski definition) is 1. The fourth-order valence-corrected chi connectivity index (χ4v) is 3.15. The molecule has 0 aliphatic heterocycles. The predicted octanol–water partition coefficient (Wildman–Crippen LogP) is 4.64. The number of carbonyl (C=O) groups excluding carboxylic acids is 1. The van der Waals surface area contributed by atoms with E-state index in [0.29, 0.717) is 11.5 Å². The SMILES string of the molecule is O=C(Nc1ccccc1C1CCCC1)c1cccnc1Cl. The number of amides is 1. The minimum absolute atomic E-state index is 0.210. The standard InChI is InChI=1S/C17H17ClN2O/c18-16-14(9-5-11-19-16)17(21)20-15-10-4-3-8-13(15)12-6-1-2-7-12/h3-5,8-12H,1-2,6-7H2,(H,20,21). The number of hydrogen-bond acceptors (Lipinski definition) is 2. The van der Waals surface area contributed by atoms with Crippen LogP contribution in [0.25, 0.3) is 0 Å². The van der Waals surface area contributed by atoms with Gasteiger partial charge in [-0.2, -0.15) is 0 Å². The van der Waals surface area contributed by atoms with Crippen LogP contribution in [0.1, 0.15) is 47.5 Å². The summed E-state index contributed by atoms with van der Waals surface area (Å²) in [6.45, 7) is 0. The van der Waals surface area contributed by atoms with Crippen LogP contribution in [0.3, 0.4) is 0 Å². The van der Waals surface area contributed by atoms with Crippen molar-refractivity contribution in [3.63, 3.8) is 0 Å². The first-order chi connectivity index (χ1) is 10.3. The molecule has 1 N–H and O–H groups in total. The number of benzene rings is 1. The lowest BCUT2D eigenvalue weighted by atomic mass is 9.96. The maximum absolute atomic E-state index is 12.4. The summed E-state index contributed by atoms with van der Waals surface area (Å²) in [7, 11) is 0. The zero-order valence-electron chi connectivity index (χ0n) is 11.7. The van der Waals surface area contributed by atoms with E-state index in [1.165, 1.54) is 31.2 Å². The maximum Gasteiger partial charge on any atom is 0.258 e. The second kappa shape index (κ2) is 6.27. The first kappa shape index (κ1) is 14.1. The Labute approximate surface area is 129 Å². The van der Waals surface area contributed by atoms with E-state index in [4.69, 9.17) is 11.6 Å². The zero-order valence-corrected chi connectivity index (χ0v) is 12.4. The smallest absolute Gasteiger partial charge is 0.258 e. The third kappa shape index (κ3) is 3.08. The van der Waals surface area contributed by atoms with Gasteiger partial charge in [0.05, 0.1) is 5.56 Å². The molecule has 1 fully saturated rings. The van der Waals surface area contributed by atoms with Gasteiger partial charge in [-0.1, -0.05) is 42.6 Å². The van der Waals surface area contributed by atoms with Crippen molar-refractivity contribution in [2.24, 2.45) is 0 Å². The molecule has 3 nitrogen and oxygen atoms in total. The largest absolute Gasteiger partial charge is 0.322 e. The van der Waals surface area contributed by atoms with Crippen LogP contribution < -0.4 is 5.32 Å². The zero-order chi connectivity index (χ0) is 14.7. The van der Waals surface area contributed by atoms with Crippen molar-refractivity contribution in [1.82, 2.24) is 4.98 Å². The van der Waals surface area contributed by atoms with Crippen molar-refractivity contribution in [3.8, 4) is 0 Å². The molecule has 1 aliphatic rings. The molecule has 1 aliphatic carbocycles. The van der Waals surface area contributed by atoms with Crippen molar-refractivity contribution in [1.29, 1.82) is 0 Å². The van der Waals surface area contributed by atoms with E-state index in [2.05, 4.69) is 16.4 Å². The Bertz CT molecular complexity index is 651. The summed E-state index contributed by atoms with van der Waals surface area (Å²) < 4.78 is 0. The third-order valence-electron chi connectivity index (χ3n) is 4.01. The van der Waals surface area contributed by atoms with Gasteiger partial charge in [-0.3, -0.25) is 4.79 Å². The van der Waals surface area contributed by atoms with E-state index in [9.17, 15) is 4.79 Å². The molecule has 3 rings (SSSR count). The highest BCUT2D eigenvalue weighted by molar-refractivity contribution is 6.33. The van der Waals surface area contributed by atoms with Crippen LogP contribution >= 0.6 is 11.6 Å². The molecular formula is C17H17ClN2O. The number of nitrogens with one attached hydrogen (secondary N) is 1. The minimum atomic E-state index is -0.210. The van der Waals surface area contributed by atoms with Crippen LogP contribution in [0.5, 0.6) is 0 Å². The van der Waals surface area contributed by atoms with Crippen molar-refractivity contribution in [2.45, 2.75) is 31.6 Å². The van der Waals surface area contributed by atoms with Crippen molar-refractivity contribution >= 4 is 23.2 Å². The summed E-state index contributed by atoms with van der Waals surface area (Å²) >= 11 is 5.98. The fourth-order valence-electron chi connectivity index (χ4n) is 2.95. The second-order valence-electron chi connectivity index (χ2n) is 5.36. The van der Waals surface area contributed by atoms with E-state index in [1.54, 1.807) is 18.3 Å². The Morgan fingerprint density at radius 2 is 1.90 bits per heavy atom. The van der Waals surface area contributed by atoms with Crippen molar-refractivity contribution in [3.05, 3.63) is 58.9 Å². The average Bonchev–Trinajstić information content (AvgIpc) is 3.02. The number of halogens is 1. The van der Waals surface area contributed by atoms with Crippen LogP contribution in [0, 0.1) is 0 Å². The summed E-state index contributed by atoms with van der Waals surface area (Å²) in [6, 6.07) is 11.4. The lowest BCUT2D eigenvalue weighted by Crippen LogP contribution is -2.14. The number of nitrogens with zero attached hydrogens (tertiary/aromatic N) is 1. The number of anilines is 1. The molecule has 21 heavy (non-hydrogen) atoms. The van der Waals surface area contributed by atoms with Crippen molar-refractivity contribution < 1.29 is 4.79 Å². The molecule has 0 saturated heterocycles. The summed E-state index contributed by atoms with van der Waals surface area (Å²) in [5, 5.41) is 3.21. The van der Waals surface area contributed by atoms with E-state index in [-0.39, 0.29) is 11.1 Å². The van der Waals surface area contributed by atoms with Gasteiger partial charge in [-0.25, -0.2) is 4.98 Å². The summed E-state index contributed by atoms with van der Waals surface area (Å²) in [5.41, 5.74) is 2.51. The first-order valence-corrected chi connectivity index (χ1v) is 7.64. The molecule has 2 aromatic rings. The Morgan fingerprint density at radius 3 is 2.67 bits per heavy atom. The van der Waals surface area contributed by atoms with Gasteiger partial charge in [0.15, 0.2) is 0 Å². The Hall–Kier alpha value is -1.87. The van der Waals surface area contributed by atoms with Crippen LogP contribution in [0.2, 0.25) is 5.15 Å². The molecule has 0 spiro atoms. The van der Waals surface area contributed by atoms with Crippen LogP contribution in [0.4, 0.5) is 5.69 Å². The summed E-state index contributed by atoms with van der Waals surface area (Å²) in [6.07, 6.45) is 6.50. The predicted molar refractivity (Wildman–Crippen MR) is 84.9 cm³/mol. The van der Waals surface area contributed by atoms with E-state index in [0.717, 1.165) is 5.69 Å². The van der Waals surface area contributed by atoms with Gasteiger partial charge in [0.2, 0.25) is 0 Å². The lowest BCUT2D eigenvalue weighted by Gasteiger charge is -2.16. The van der Waals surface area contributed by atoms with E-state index < -0.39 is 0 Å². The number of rotatable bonds is 3. The number of para-hydroxylation sites is 1. The van der Waals surface area contributed by atoms with E-state index in [1.807, 2.05) is 18.2 Å². The Morgan fingerprint density at radius 1 is 1.14 bits per heavy atom. The molecule has 0 radical (unpaired) electrons. The first-order valence-electron chi connectivity index (χ1n) is 7.26. The second-order valence-corrected chi connectivity index (χ2v) is 5.72. The van der Waals surface area contributed by atoms with Crippen LogP contribution in [0.15, 0.2) is 42.6 Å². The summed E-state index contributed by atoms with van der Waals surface area (Å²) in [4.78, 5) is 16.3. The maximum atomic E-state index is 12.4. The summed E-state index contributed by atoms with van der Waals surface area (Å²) in [5.74, 6) is 0.337. The highest BCUT2D eigenvalue weighted by Crippen LogP contribution is 2.37. The van der Waals surface area contributed by atoms with Crippen molar-refractivity contribution in [2.75, 3.05) is 5.32 Å². The molecule has 0 atom stereocenters. The average molecular weight is 301 g/mol. The Balaban J connectivity index is 1.85. The van der Waals surface area contributed by atoms with Crippen LogP contribution in [-0.2, 0) is 0 Å². The topological polar surface area (TPSA) is 42.0 Å². The lowest BCUT2D eigenvalue weighted by molar-refractivity contribution is 0.102. The molecule has 0 unspecified atom stereocenters. The molecular weight excluding hydrogens is 284 g/mol. The van der Waals surface area contributed by atoms with Gasteiger partial charge >= 0.3 is 0 Å². The van der Waals surface area contributed by atoms with Gasteiger partial charge < -0.3 is 5.32 Å².